The van der Waals surface area contributed by atoms with Crippen LogP contribution in [0.4, 0.5) is 0 Å². The lowest BCUT2D eigenvalue weighted by Crippen LogP contribution is -2.54. The average Bonchev–Trinajstić information content (AvgIpc) is 2.23. The number of aromatic amines is 1. The summed E-state index contributed by atoms with van der Waals surface area (Å²) in [7, 11) is 0. The van der Waals surface area contributed by atoms with Crippen LogP contribution in [-0.4, -0.2) is 32.6 Å². The van der Waals surface area contributed by atoms with Gasteiger partial charge >= 0.3 is 5.97 Å². The second-order valence-corrected chi connectivity index (χ2v) is 4.78. The number of amides is 1. The van der Waals surface area contributed by atoms with Gasteiger partial charge in [-0.2, -0.15) is 0 Å². The summed E-state index contributed by atoms with van der Waals surface area (Å²) in [5.41, 5.74) is -1.31. The van der Waals surface area contributed by atoms with Gasteiger partial charge in [0.2, 0.25) is 0 Å². The van der Waals surface area contributed by atoms with E-state index in [9.17, 15) is 19.5 Å². The SMILES string of the molecule is O=C(O)CC1(NC(=O)c2cc(O)[nH]c(=O)c2)CCC1. The smallest absolute Gasteiger partial charge is 0.305 e. The van der Waals surface area contributed by atoms with E-state index in [2.05, 4.69) is 10.3 Å². The van der Waals surface area contributed by atoms with E-state index in [0.717, 1.165) is 18.6 Å². The van der Waals surface area contributed by atoms with Crippen molar-refractivity contribution in [3.63, 3.8) is 0 Å². The molecule has 1 amide bonds. The van der Waals surface area contributed by atoms with E-state index in [1.165, 1.54) is 0 Å². The molecule has 1 aromatic heterocycles. The fourth-order valence-electron chi connectivity index (χ4n) is 2.21. The van der Waals surface area contributed by atoms with Gasteiger partial charge < -0.3 is 15.5 Å². The lowest BCUT2D eigenvalue weighted by molar-refractivity contribution is -0.139. The van der Waals surface area contributed by atoms with Gasteiger partial charge in [-0.05, 0) is 19.3 Å². The zero-order chi connectivity index (χ0) is 14.0. The van der Waals surface area contributed by atoms with Crippen molar-refractivity contribution in [3.8, 4) is 5.88 Å². The standard InChI is InChI=1S/C12H14N2O5/c15-8-4-7(5-9(16)13-8)11(19)14-12(2-1-3-12)6-10(17)18/h4-5H,1-3,6H2,(H,14,19)(H,17,18)(H2,13,15,16). The second kappa shape index (κ2) is 4.75. The average molecular weight is 266 g/mol. The van der Waals surface area contributed by atoms with Gasteiger partial charge in [0.1, 0.15) is 0 Å². The molecule has 4 N–H and O–H groups in total. The van der Waals surface area contributed by atoms with E-state index < -0.39 is 28.9 Å². The number of hydrogen-bond donors (Lipinski definition) is 4. The van der Waals surface area contributed by atoms with E-state index in [1.54, 1.807) is 0 Å². The van der Waals surface area contributed by atoms with Gasteiger partial charge in [0.05, 0.1) is 17.5 Å². The summed E-state index contributed by atoms with van der Waals surface area (Å²) >= 11 is 0. The van der Waals surface area contributed by atoms with Crippen molar-refractivity contribution in [2.45, 2.75) is 31.2 Å². The predicted octanol–water partition coefficient (Wildman–Crippen LogP) is 0.208. The van der Waals surface area contributed by atoms with E-state index in [0.29, 0.717) is 12.8 Å². The van der Waals surface area contributed by atoms with E-state index in [1.807, 2.05) is 0 Å². The number of aromatic nitrogens is 1. The molecule has 2 rings (SSSR count). The highest BCUT2D eigenvalue weighted by atomic mass is 16.4. The van der Waals surface area contributed by atoms with Crippen molar-refractivity contribution in [1.29, 1.82) is 0 Å². The van der Waals surface area contributed by atoms with Gasteiger partial charge in [0, 0.05) is 12.1 Å². The highest BCUT2D eigenvalue weighted by molar-refractivity contribution is 5.95. The molecule has 0 aromatic carbocycles. The summed E-state index contributed by atoms with van der Waals surface area (Å²) in [5.74, 6) is -1.94. The van der Waals surface area contributed by atoms with Crippen molar-refractivity contribution in [1.82, 2.24) is 10.3 Å². The number of hydrogen-bond acceptors (Lipinski definition) is 4. The maximum Gasteiger partial charge on any atom is 0.305 e. The Morgan fingerprint density at radius 1 is 1.37 bits per heavy atom. The normalized spacial score (nSPS) is 16.4. The lowest BCUT2D eigenvalue weighted by Gasteiger charge is -2.41. The third-order valence-electron chi connectivity index (χ3n) is 3.27. The molecule has 1 aliphatic rings. The summed E-state index contributed by atoms with van der Waals surface area (Å²) < 4.78 is 0. The Bertz CT molecular complexity index is 574. The minimum absolute atomic E-state index is 0.0120. The molecule has 0 atom stereocenters. The molecule has 1 fully saturated rings. The Morgan fingerprint density at radius 2 is 2.05 bits per heavy atom. The third-order valence-corrected chi connectivity index (χ3v) is 3.27. The number of carbonyl (C=O) groups excluding carboxylic acids is 1. The van der Waals surface area contributed by atoms with Crippen LogP contribution in [0.1, 0.15) is 36.0 Å². The molecule has 1 saturated carbocycles. The molecule has 0 bridgehead atoms. The first kappa shape index (κ1) is 13.1. The number of carboxylic acid groups (broad SMARTS) is 1. The van der Waals surface area contributed by atoms with Crippen LogP contribution in [0.15, 0.2) is 16.9 Å². The van der Waals surface area contributed by atoms with E-state index in [4.69, 9.17) is 5.11 Å². The molecule has 0 unspecified atom stereocenters. The Balaban J connectivity index is 2.16. The highest BCUT2D eigenvalue weighted by Gasteiger charge is 2.40. The largest absolute Gasteiger partial charge is 0.494 e. The second-order valence-electron chi connectivity index (χ2n) is 4.78. The van der Waals surface area contributed by atoms with Crippen LogP contribution in [0, 0.1) is 0 Å². The number of pyridine rings is 1. The number of carbonyl (C=O) groups is 2. The number of nitrogens with one attached hydrogen (secondary N) is 2. The number of rotatable bonds is 4. The number of aliphatic carboxylic acids is 1. The van der Waals surface area contributed by atoms with Crippen LogP contribution in [0.5, 0.6) is 5.88 Å². The zero-order valence-electron chi connectivity index (χ0n) is 10.1. The molecule has 0 spiro atoms. The third kappa shape index (κ3) is 2.93. The van der Waals surface area contributed by atoms with Crippen molar-refractivity contribution >= 4 is 11.9 Å². The van der Waals surface area contributed by atoms with Crippen LogP contribution in [0.25, 0.3) is 0 Å². The van der Waals surface area contributed by atoms with Crippen LogP contribution in [-0.2, 0) is 4.79 Å². The van der Waals surface area contributed by atoms with Crippen LogP contribution in [0.2, 0.25) is 0 Å². The molecule has 0 aliphatic heterocycles. The maximum absolute atomic E-state index is 12.0. The summed E-state index contributed by atoms with van der Waals surface area (Å²) in [6, 6.07) is 2.19. The van der Waals surface area contributed by atoms with Crippen molar-refractivity contribution in [2.75, 3.05) is 0 Å². The van der Waals surface area contributed by atoms with Crippen molar-refractivity contribution in [3.05, 3.63) is 28.0 Å². The number of carboxylic acids is 1. The maximum atomic E-state index is 12.0. The van der Waals surface area contributed by atoms with Crippen LogP contribution in [0.3, 0.4) is 0 Å². The first-order valence-electron chi connectivity index (χ1n) is 5.88. The number of H-pyrrole nitrogens is 1. The first-order chi connectivity index (χ1) is 8.90. The van der Waals surface area contributed by atoms with Gasteiger partial charge in [-0.25, -0.2) is 0 Å². The van der Waals surface area contributed by atoms with Gasteiger partial charge in [0.25, 0.3) is 11.5 Å². The molecule has 1 heterocycles. The summed E-state index contributed by atoms with van der Waals surface area (Å²) in [5, 5.41) is 20.7. The van der Waals surface area contributed by atoms with Gasteiger partial charge in [-0.15, -0.1) is 0 Å². The molecule has 1 aliphatic carbocycles. The van der Waals surface area contributed by atoms with Gasteiger partial charge in [-0.1, -0.05) is 0 Å². The minimum Gasteiger partial charge on any atom is -0.494 e. The monoisotopic (exact) mass is 266 g/mol. The minimum atomic E-state index is -0.978. The predicted molar refractivity (Wildman–Crippen MR) is 65.0 cm³/mol. The summed E-state index contributed by atoms with van der Waals surface area (Å²) in [6.07, 6.45) is 1.91. The lowest BCUT2D eigenvalue weighted by atomic mass is 9.74. The number of aromatic hydroxyl groups is 1. The summed E-state index contributed by atoms with van der Waals surface area (Å²) in [4.78, 5) is 36.0. The topological polar surface area (TPSA) is 119 Å². The van der Waals surface area contributed by atoms with E-state index >= 15 is 0 Å². The quantitative estimate of drug-likeness (QED) is 0.621. The Kier molecular flexibility index (Phi) is 3.28. The first-order valence-corrected chi connectivity index (χ1v) is 5.88. The molecular weight excluding hydrogens is 252 g/mol. The fraction of sp³-hybridized carbons (Fsp3) is 0.417. The molecular formula is C12H14N2O5. The molecule has 19 heavy (non-hydrogen) atoms. The molecule has 0 saturated heterocycles. The fourth-order valence-corrected chi connectivity index (χ4v) is 2.21. The van der Waals surface area contributed by atoms with E-state index in [-0.39, 0.29) is 12.0 Å². The molecule has 7 heteroatoms. The van der Waals surface area contributed by atoms with Gasteiger partial charge in [0.15, 0.2) is 5.88 Å². The molecule has 1 aromatic rings. The van der Waals surface area contributed by atoms with Crippen LogP contribution >= 0.6 is 0 Å². The summed E-state index contributed by atoms with van der Waals surface area (Å²) in [6.45, 7) is 0. The Hall–Kier alpha value is -2.31. The van der Waals surface area contributed by atoms with Crippen molar-refractivity contribution in [2.24, 2.45) is 0 Å². The molecule has 7 nitrogen and oxygen atoms in total. The van der Waals surface area contributed by atoms with Crippen molar-refractivity contribution < 1.29 is 19.8 Å². The highest BCUT2D eigenvalue weighted by Crippen LogP contribution is 2.35. The van der Waals surface area contributed by atoms with Crippen LogP contribution < -0.4 is 10.9 Å². The van der Waals surface area contributed by atoms with Gasteiger partial charge in [-0.3, -0.25) is 19.4 Å². The molecule has 0 radical (unpaired) electrons. The Labute approximate surface area is 108 Å². The zero-order valence-corrected chi connectivity index (χ0v) is 10.1. The Morgan fingerprint density at radius 3 is 2.53 bits per heavy atom. The molecule has 102 valence electrons.